The third kappa shape index (κ3) is 3.24. The molecule has 0 saturated carbocycles. The molecule has 0 spiro atoms. The second-order valence-electron chi connectivity index (χ2n) is 7.56. The molecule has 2 heterocycles. The first-order valence-corrected chi connectivity index (χ1v) is 8.85. The fourth-order valence-electron chi connectivity index (χ4n) is 3.54. The average Bonchev–Trinajstić information content (AvgIpc) is 2.61. The van der Waals surface area contributed by atoms with E-state index in [-0.39, 0.29) is 17.2 Å². The van der Waals surface area contributed by atoms with Gasteiger partial charge in [0.05, 0.1) is 28.6 Å². The summed E-state index contributed by atoms with van der Waals surface area (Å²) in [5.74, 6) is 1.15. The van der Waals surface area contributed by atoms with Crippen molar-refractivity contribution in [3.05, 3.63) is 63.4 Å². The van der Waals surface area contributed by atoms with Crippen molar-refractivity contribution in [2.45, 2.75) is 38.8 Å². The molecule has 6 nitrogen and oxygen atoms in total. The Hall–Kier alpha value is -3.33. The Kier molecular flexibility index (Phi) is 3.88. The Balaban J connectivity index is 1.76. The minimum Gasteiger partial charge on any atom is -0.487 e. The first-order valence-electron chi connectivity index (χ1n) is 8.85. The van der Waals surface area contributed by atoms with Crippen molar-refractivity contribution < 1.29 is 4.74 Å². The van der Waals surface area contributed by atoms with Crippen LogP contribution in [0.3, 0.4) is 0 Å². The molecule has 1 aliphatic heterocycles. The number of aromatic nitrogens is 2. The number of aryl methyl sites for hydroxylation is 1. The van der Waals surface area contributed by atoms with E-state index < -0.39 is 0 Å². The zero-order chi connectivity index (χ0) is 19.2. The molecule has 27 heavy (non-hydrogen) atoms. The molecule has 3 aromatic rings. The average molecular weight is 360 g/mol. The lowest BCUT2D eigenvalue weighted by Gasteiger charge is -2.38. The molecule has 1 atom stereocenters. The van der Waals surface area contributed by atoms with Gasteiger partial charge in [-0.25, -0.2) is 4.98 Å². The van der Waals surface area contributed by atoms with E-state index >= 15 is 0 Å². The Bertz CT molecular complexity index is 1140. The second-order valence-corrected chi connectivity index (χ2v) is 7.56. The monoisotopic (exact) mass is 360 g/mol. The normalized spacial score (nSPS) is 17.6. The Morgan fingerprint density at radius 1 is 1.30 bits per heavy atom. The van der Waals surface area contributed by atoms with Crippen LogP contribution in [0.5, 0.6) is 5.75 Å². The second kappa shape index (κ2) is 6.13. The predicted molar refractivity (Wildman–Crippen MR) is 104 cm³/mol. The lowest BCUT2D eigenvalue weighted by atomic mass is 9.89. The van der Waals surface area contributed by atoms with E-state index in [1.807, 2.05) is 51.1 Å². The molecule has 0 bridgehead atoms. The van der Waals surface area contributed by atoms with Crippen molar-refractivity contribution in [2.24, 2.45) is 0 Å². The molecule has 0 radical (unpaired) electrons. The molecule has 0 aliphatic carbocycles. The summed E-state index contributed by atoms with van der Waals surface area (Å²) in [5, 5.41) is 13.1. The summed E-state index contributed by atoms with van der Waals surface area (Å²) in [5.41, 5.74) is 2.55. The highest BCUT2D eigenvalue weighted by molar-refractivity contribution is 5.79. The number of nitrogens with one attached hydrogen (secondary N) is 2. The number of H-pyrrole nitrogens is 1. The molecule has 136 valence electrons. The SMILES string of the molecule is Cc1ccc2nc(N[C@H]3CC(C)(C)Oc4ccc(C#N)cc43)[nH]c(=O)c2c1. The highest BCUT2D eigenvalue weighted by atomic mass is 16.5. The van der Waals surface area contributed by atoms with Crippen LogP contribution in [0.2, 0.25) is 0 Å². The van der Waals surface area contributed by atoms with Crippen LogP contribution < -0.4 is 15.6 Å². The van der Waals surface area contributed by atoms with Gasteiger partial charge in [-0.05, 0) is 51.1 Å². The zero-order valence-corrected chi connectivity index (χ0v) is 15.5. The topological polar surface area (TPSA) is 90.8 Å². The molecule has 1 aliphatic rings. The van der Waals surface area contributed by atoms with Gasteiger partial charge >= 0.3 is 0 Å². The number of aromatic amines is 1. The van der Waals surface area contributed by atoms with E-state index in [0.717, 1.165) is 16.9 Å². The van der Waals surface area contributed by atoms with Gasteiger partial charge in [0.25, 0.3) is 5.56 Å². The number of nitrogens with zero attached hydrogens (tertiary/aromatic N) is 2. The number of hydrogen-bond acceptors (Lipinski definition) is 5. The van der Waals surface area contributed by atoms with E-state index in [9.17, 15) is 10.1 Å². The zero-order valence-electron chi connectivity index (χ0n) is 15.5. The number of fused-ring (bicyclic) bond motifs is 2. The molecule has 4 rings (SSSR count). The lowest BCUT2D eigenvalue weighted by Crippen LogP contribution is -2.37. The van der Waals surface area contributed by atoms with E-state index in [0.29, 0.717) is 28.8 Å². The number of benzene rings is 2. The molecule has 1 aromatic heterocycles. The van der Waals surface area contributed by atoms with Crippen LogP contribution in [0.4, 0.5) is 5.95 Å². The largest absolute Gasteiger partial charge is 0.487 e. The lowest BCUT2D eigenvalue weighted by molar-refractivity contribution is 0.0758. The Labute approximate surface area is 156 Å². The van der Waals surface area contributed by atoms with Crippen LogP contribution in [0.25, 0.3) is 10.9 Å². The molecule has 2 N–H and O–H groups in total. The van der Waals surface area contributed by atoms with Crippen LogP contribution >= 0.6 is 0 Å². The minimum atomic E-state index is -0.382. The molecular formula is C21H20N4O2. The first-order chi connectivity index (χ1) is 12.8. The Morgan fingerprint density at radius 3 is 2.89 bits per heavy atom. The number of anilines is 1. The van der Waals surface area contributed by atoms with Crippen molar-refractivity contribution in [1.82, 2.24) is 9.97 Å². The molecule has 6 heteroatoms. The van der Waals surface area contributed by atoms with Gasteiger partial charge in [-0.1, -0.05) is 11.6 Å². The van der Waals surface area contributed by atoms with Gasteiger partial charge in [-0.3, -0.25) is 9.78 Å². The quantitative estimate of drug-likeness (QED) is 0.725. The van der Waals surface area contributed by atoms with E-state index in [1.54, 1.807) is 6.07 Å². The van der Waals surface area contributed by atoms with Crippen molar-refractivity contribution in [1.29, 1.82) is 5.26 Å². The van der Waals surface area contributed by atoms with Gasteiger partial charge in [0.1, 0.15) is 11.4 Å². The number of hydrogen-bond donors (Lipinski definition) is 2. The number of ether oxygens (including phenoxy) is 1. The molecule has 0 saturated heterocycles. The van der Waals surface area contributed by atoms with Crippen LogP contribution in [0.15, 0.2) is 41.2 Å². The maximum absolute atomic E-state index is 12.5. The van der Waals surface area contributed by atoms with Gasteiger partial charge in [0.2, 0.25) is 5.95 Å². The highest BCUT2D eigenvalue weighted by Gasteiger charge is 2.34. The minimum absolute atomic E-state index is 0.136. The summed E-state index contributed by atoms with van der Waals surface area (Å²) >= 11 is 0. The van der Waals surface area contributed by atoms with Crippen molar-refractivity contribution in [3.8, 4) is 11.8 Å². The van der Waals surface area contributed by atoms with Gasteiger partial charge in [0, 0.05) is 12.0 Å². The van der Waals surface area contributed by atoms with Gasteiger partial charge in [-0.15, -0.1) is 0 Å². The summed E-state index contributed by atoms with van der Waals surface area (Å²) in [4.78, 5) is 19.9. The summed E-state index contributed by atoms with van der Waals surface area (Å²) in [6.45, 7) is 5.98. The fraction of sp³-hybridized carbons (Fsp3) is 0.286. The summed E-state index contributed by atoms with van der Waals surface area (Å²) in [6, 6.07) is 13.0. The van der Waals surface area contributed by atoms with Crippen LogP contribution in [-0.2, 0) is 0 Å². The molecule has 0 unspecified atom stereocenters. The molecule has 0 amide bonds. The van der Waals surface area contributed by atoms with Crippen LogP contribution in [-0.4, -0.2) is 15.6 Å². The van der Waals surface area contributed by atoms with Gasteiger partial charge in [0.15, 0.2) is 0 Å². The van der Waals surface area contributed by atoms with Gasteiger partial charge < -0.3 is 10.1 Å². The molecular weight excluding hydrogens is 340 g/mol. The summed E-state index contributed by atoms with van der Waals surface area (Å²) < 4.78 is 6.05. The van der Waals surface area contributed by atoms with Crippen molar-refractivity contribution in [2.75, 3.05) is 5.32 Å². The van der Waals surface area contributed by atoms with Crippen LogP contribution in [0.1, 0.15) is 43.0 Å². The van der Waals surface area contributed by atoms with Crippen molar-refractivity contribution >= 4 is 16.9 Å². The fourth-order valence-corrected chi connectivity index (χ4v) is 3.54. The standard InChI is InChI=1S/C21H20N4O2/c1-12-4-6-16-15(8-12)19(26)25-20(23-16)24-17-10-21(2,3)27-18-7-5-13(11-22)9-14(17)18/h4-9,17H,10H2,1-3H3,(H2,23,24,25,26)/t17-/m0/s1. The predicted octanol–water partition coefficient (Wildman–Crippen LogP) is 3.82. The van der Waals surface area contributed by atoms with Crippen molar-refractivity contribution in [3.63, 3.8) is 0 Å². The van der Waals surface area contributed by atoms with E-state index in [2.05, 4.69) is 21.4 Å². The smallest absolute Gasteiger partial charge is 0.260 e. The number of nitriles is 1. The maximum atomic E-state index is 12.5. The maximum Gasteiger partial charge on any atom is 0.260 e. The van der Waals surface area contributed by atoms with E-state index in [1.165, 1.54) is 0 Å². The number of rotatable bonds is 2. The van der Waals surface area contributed by atoms with Gasteiger partial charge in [-0.2, -0.15) is 5.26 Å². The molecule has 2 aromatic carbocycles. The Morgan fingerprint density at radius 2 is 2.11 bits per heavy atom. The summed E-state index contributed by atoms with van der Waals surface area (Å²) in [6.07, 6.45) is 0.671. The summed E-state index contributed by atoms with van der Waals surface area (Å²) in [7, 11) is 0. The highest BCUT2D eigenvalue weighted by Crippen LogP contribution is 2.41. The van der Waals surface area contributed by atoms with Crippen LogP contribution in [0, 0.1) is 18.3 Å². The first kappa shape index (κ1) is 17.1. The molecule has 0 fully saturated rings. The van der Waals surface area contributed by atoms with E-state index in [4.69, 9.17) is 4.74 Å². The third-order valence-electron chi connectivity index (χ3n) is 4.77. The third-order valence-corrected chi connectivity index (χ3v) is 4.77.